The van der Waals surface area contributed by atoms with E-state index in [2.05, 4.69) is 0 Å². The number of piperidine rings is 1. The average Bonchev–Trinajstić information content (AvgIpc) is 3.47. The number of hydrogen-bond acceptors (Lipinski definition) is 3. The summed E-state index contributed by atoms with van der Waals surface area (Å²) in [6.07, 6.45) is 5.23. The van der Waals surface area contributed by atoms with Crippen LogP contribution in [0.2, 0.25) is 5.02 Å². The third-order valence-electron chi connectivity index (χ3n) is 6.68. The van der Waals surface area contributed by atoms with Crippen LogP contribution < -0.4 is 4.90 Å². The molecule has 1 aliphatic carbocycles. The minimum absolute atomic E-state index is 0.0927. The predicted octanol–water partition coefficient (Wildman–Crippen LogP) is 4.14. The number of nitrogens with zero attached hydrogens (tertiary/aromatic N) is 2. The third-order valence-corrected chi connectivity index (χ3v) is 8.81. The molecular weight excluding hydrogens is 420 g/mol. The molecule has 3 aliphatic rings. The summed E-state index contributed by atoms with van der Waals surface area (Å²) in [5.74, 6) is 0.0927. The van der Waals surface area contributed by atoms with Crippen molar-refractivity contribution in [3.8, 4) is 0 Å². The van der Waals surface area contributed by atoms with Gasteiger partial charge in [-0.15, -0.1) is 0 Å². The van der Waals surface area contributed by atoms with Crippen LogP contribution >= 0.6 is 11.6 Å². The molecule has 5 nitrogen and oxygen atoms in total. The van der Waals surface area contributed by atoms with E-state index >= 15 is 0 Å². The summed E-state index contributed by atoms with van der Waals surface area (Å²) in [6.45, 7) is 1.77. The molecule has 0 bridgehead atoms. The van der Waals surface area contributed by atoms with Gasteiger partial charge in [0.25, 0.3) is 0 Å². The monoisotopic (exact) mass is 444 g/mol. The topological polar surface area (TPSA) is 57.7 Å². The number of fused-ring (bicyclic) bond motifs is 1. The van der Waals surface area contributed by atoms with Crippen LogP contribution in [0.25, 0.3) is 0 Å². The lowest BCUT2D eigenvalue weighted by Crippen LogP contribution is -2.38. The number of carbonyl (C=O) groups excluding carboxylic acids is 1. The molecule has 30 heavy (non-hydrogen) atoms. The van der Waals surface area contributed by atoms with E-state index in [0.29, 0.717) is 36.0 Å². The summed E-state index contributed by atoms with van der Waals surface area (Å²) in [4.78, 5) is 15.7. The van der Waals surface area contributed by atoms with Crippen molar-refractivity contribution in [3.05, 3.63) is 58.6 Å². The lowest BCUT2D eigenvalue weighted by atomic mass is 9.94. The van der Waals surface area contributed by atoms with E-state index in [1.165, 1.54) is 0 Å². The molecule has 2 heterocycles. The van der Waals surface area contributed by atoms with Gasteiger partial charge in [-0.2, -0.15) is 4.31 Å². The van der Waals surface area contributed by atoms with Gasteiger partial charge in [0.05, 0.1) is 10.3 Å². The van der Waals surface area contributed by atoms with E-state index in [4.69, 9.17) is 11.6 Å². The van der Waals surface area contributed by atoms with Gasteiger partial charge in [-0.3, -0.25) is 4.79 Å². The van der Waals surface area contributed by atoms with E-state index in [1.807, 2.05) is 35.2 Å². The first kappa shape index (κ1) is 20.0. The Bertz CT molecular complexity index is 1110. The fourth-order valence-electron chi connectivity index (χ4n) is 4.80. The van der Waals surface area contributed by atoms with Crippen molar-refractivity contribution >= 4 is 33.2 Å². The zero-order valence-corrected chi connectivity index (χ0v) is 18.4. The molecule has 0 spiro atoms. The number of carbonyl (C=O) groups is 1. The van der Waals surface area contributed by atoms with Crippen LogP contribution in [0.5, 0.6) is 0 Å². The van der Waals surface area contributed by atoms with Gasteiger partial charge in [-0.25, -0.2) is 8.42 Å². The molecule has 0 atom stereocenters. The maximum atomic E-state index is 13.5. The van der Waals surface area contributed by atoms with Crippen molar-refractivity contribution in [1.82, 2.24) is 4.31 Å². The average molecular weight is 445 g/mol. The quantitative estimate of drug-likeness (QED) is 0.712. The van der Waals surface area contributed by atoms with Crippen LogP contribution in [0.4, 0.5) is 5.69 Å². The van der Waals surface area contributed by atoms with E-state index < -0.39 is 15.4 Å². The Balaban J connectivity index is 1.42. The van der Waals surface area contributed by atoms with Gasteiger partial charge in [0.15, 0.2) is 0 Å². The SMILES string of the molecule is O=C(N1CCc2cc(S(=O)(=O)N3CCCCC3)ccc21)C1(c2cccc(Cl)c2)CC1. The fraction of sp³-hybridized carbons (Fsp3) is 0.435. The first-order valence-corrected chi connectivity index (χ1v) is 12.4. The molecule has 2 aromatic rings. The maximum absolute atomic E-state index is 13.5. The second-order valence-corrected chi connectivity index (χ2v) is 10.9. The first-order chi connectivity index (χ1) is 14.4. The van der Waals surface area contributed by atoms with Crippen molar-refractivity contribution in [2.45, 2.75) is 48.8 Å². The Labute approximate surface area is 182 Å². The minimum atomic E-state index is -3.47. The van der Waals surface area contributed by atoms with E-state index in [1.54, 1.807) is 16.4 Å². The molecule has 158 valence electrons. The number of benzene rings is 2. The first-order valence-electron chi connectivity index (χ1n) is 10.6. The van der Waals surface area contributed by atoms with Gasteiger partial charge in [0.1, 0.15) is 0 Å². The Morgan fingerprint density at radius 2 is 1.73 bits per heavy atom. The van der Waals surface area contributed by atoms with Gasteiger partial charge in [0.2, 0.25) is 15.9 Å². The summed E-state index contributed by atoms with van der Waals surface area (Å²) in [5.41, 5.74) is 2.25. The number of sulfonamides is 1. The highest BCUT2D eigenvalue weighted by Gasteiger charge is 2.54. The highest BCUT2D eigenvalue weighted by Crippen LogP contribution is 2.51. The Morgan fingerprint density at radius 1 is 0.967 bits per heavy atom. The van der Waals surface area contributed by atoms with Crippen LogP contribution in [0, 0.1) is 0 Å². The molecule has 0 aromatic heterocycles. The number of anilines is 1. The Kier molecular flexibility index (Phi) is 4.92. The number of amides is 1. The van der Waals surface area contributed by atoms with Crippen molar-refractivity contribution < 1.29 is 13.2 Å². The number of rotatable bonds is 4. The summed E-state index contributed by atoms with van der Waals surface area (Å²) in [7, 11) is -3.47. The number of halogens is 1. The van der Waals surface area contributed by atoms with Crippen molar-refractivity contribution in [2.75, 3.05) is 24.5 Å². The molecule has 5 rings (SSSR count). The highest BCUT2D eigenvalue weighted by atomic mass is 35.5. The molecule has 1 amide bonds. The van der Waals surface area contributed by atoms with Crippen molar-refractivity contribution in [1.29, 1.82) is 0 Å². The molecular formula is C23H25ClN2O3S. The molecule has 0 unspecified atom stereocenters. The highest BCUT2D eigenvalue weighted by molar-refractivity contribution is 7.89. The summed E-state index contributed by atoms with van der Waals surface area (Å²) >= 11 is 6.16. The van der Waals surface area contributed by atoms with Gasteiger partial charge in [-0.05, 0) is 73.6 Å². The molecule has 0 radical (unpaired) electrons. The Hall–Kier alpha value is -1.89. The largest absolute Gasteiger partial charge is 0.311 e. The standard InChI is InChI=1S/C23H25ClN2O3S/c24-19-6-4-5-18(16-19)23(10-11-23)22(27)26-14-9-17-15-20(7-8-21(17)26)30(28,29)25-12-2-1-3-13-25/h4-8,15-16H,1-3,9-14H2. The fourth-order valence-corrected chi connectivity index (χ4v) is 6.56. The number of hydrogen-bond donors (Lipinski definition) is 0. The smallest absolute Gasteiger partial charge is 0.243 e. The second-order valence-electron chi connectivity index (χ2n) is 8.55. The van der Waals surface area contributed by atoms with Crippen molar-refractivity contribution in [3.63, 3.8) is 0 Å². The van der Waals surface area contributed by atoms with Gasteiger partial charge < -0.3 is 4.90 Å². The van der Waals surface area contributed by atoms with Crippen LogP contribution in [0.1, 0.15) is 43.2 Å². The molecule has 2 aromatic carbocycles. The molecule has 0 N–H and O–H groups in total. The zero-order chi connectivity index (χ0) is 20.9. The normalized spacial score (nSPS) is 20.8. The molecule has 1 saturated heterocycles. The van der Waals surface area contributed by atoms with Gasteiger partial charge in [0, 0.05) is 30.3 Å². The lowest BCUT2D eigenvalue weighted by Gasteiger charge is -2.26. The zero-order valence-electron chi connectivity index (χ0n) is 16.8. The molecule has 2 fully saturated rings. The molecule has 7 heteroatoms. The molecule has 2 aliphatic heterocycles. The Morgan fingerprint density at radius 3 is 2.43 bits per heavy atom. The molecule has 1 saturated carbocycles. The summed E-state index contributed by atoms with van der Waals surface area (Å²) in [5, 5.41) is 0.640. The summed E-state index contributed by atoms with van der Waals surface area (Å²) < 4.78 is 27.6. The third kappa shape index (κ3) is 3.26. The summed E-state index contributed by atoms with van der Waals surface area (Å²) in [6, 6.07) is 12.8. The van der Waals surface area contributed by atoms with E-state index in [0.717, 1.165) is 48.9 Å². The van der Waals surface area contributed by atoms with Crippen LogP contribution in [-0.2, 0) is 26.7 Å². The van der Waals surface area contributed by atoms with Crippen LogP contribution in [-0.4, -0.2) is 38.3 Å². The van der Waals surface area contributed by atoms with E-state index in [-0.39, 0.29) is 5.91 Å². The predicted molar refractivity (Wildman–Crippen MR) is 117 cm³/mol. The van der Waals surface area contributed by atoms with Crippen LogP contribution in [0.15, 0.2) is 47.4 Å². The van der Waals surface area contributed by atoms with Gasteiger partial charge >= 0.3 is 0 Å². The lowest BCUT2D eigenvalue weighted by molar-refractivity contribution is -0.120. The second kappa shape index (κ2) is 7.36. The van der Waals surface area contributed by atoms with E-state index in [9.17, 15) is 13.2 Å². The minimum Gasteiger partial charge on any atom is -0.311 e. The van der Waals surface area contributed by atoms with Crippen LogP contribution in [0.3, 0.4) is 0 Å². The maximum Gasteiger partial charge on any atom is 0.243 e. The van der Waals surface area contributed by atoms with Crippen molar-refractivity contribution in [2.24, 2.45) is 0 Å². The van der Waals surface area contributed by atoms with Gasteiger partial charge in [-0.1, -0.05) is 30.2 Å².